The van der Waals surface area contributed by atoms with Gasteiger partial charge in [-0.1, -0.05) is 12.1 Å². The minimum absolute atomic E-state index is 0.0939. The summed E-state index contributed by atoms with van der Waals surface area (Å²) in [5.74, 6) is 0.353. The standard InChI is InChI=1S/C18H18F2O4/c1-3-23-16-14(6-7-15(21-2)17(16)24-18(19)20)11-4-5-12-9-22-10-13(12)8-11/h4-8,18H,3,9-10H2,1-2H3. The van der Waals surface area contributed by atoms with E-state index in [1.165, 1.54) is 7.11 Å². The molecule has 0 saturated carbocycles. The van der Waals surface area contributed by atoms with Gasteiger partial charge in [0.05, 0.1) is 26.9 Å². The van der Waals surface area contributed by atoms with Gasteiger partial charge in [-0.15, -0.1) is 0 Å². The second-order valence-corrected chi connectivity index (χ2v) is 5.26. The number of ether oxygens (including phenoxy) is 4. The van der Waals surface area contributed by atoms with E-state index < -0.39 is 6.61 Å². The number of rotatable bonds is 6. The van der Waals surface area contributed by atoms with Crippen molar-refractivity contribution in [1.29, 1.82) is 0 Å². The maximum Gasteiger partial charge on any atom is 0.387 e. The minimum atomic E-state index is -2.97. The van der Waals surface area contributed by atoms with Crippen molar-refractivity contribution >= 4 is 0 Å². The Bertz CT molecular complexity index is 731. The molecule has 0 fully saturated rings. The third-order valence-corrected chi connectivity index (χ3v) is 3.82. The Morgan fingerprint density at radius 1 is 1.08 bits per heavy atom. The fourth-order valence-electron chi connectivity index (χ4n) is 2.76. The first-order valence-corrected chi connectivity index (χ1v) is 7.62. The van der Waals surface area contributed by atoms with Crippen LogP contribution < -0.4 is 14.2 Å². The number of hydrogen-bond donors (Lipinski definition) is 0. The number of alkyl halides is 2. The van der Waals surface area contributed by atoms with Crippen LogP contribution in [0.5, 0.6) is 17.2 Å². The van der Waals surface area contributed by atoms with Gasteiger partial charge in [-0.25, -0.2) is 0 Å². The average Bonchev–Trinajstić information content (AvgIpc) is 3.03. The molecule has 2 aromatic rings. The summed E-state index contributed by atoms with van der Waals surface area (Å²) in [6.07, 6.45) is 0. The largest absolute Gasteiger partial charge is 0.493 e. The third-order valence-electron chi connectivity index (χ3n) is 3.82. The highest BCUT2D eigenvalue weighted by atomic mass is 19.3. The third kappa shape index (κ3) is 3.14. The van der Waals surface area contributed by atoms with Crippen molar-refractivity contribution in [1.82, 2.24) is 0 Å². The number of methoxy groups -OCH3 is 1. The highest BCUT2D eigenvalue weighted by molar-refractivity contribution is 5.77. The average molecular weight is 336 g/mol. The first kappa shape index (κ1) is 16.5. The predicted octanol–water partition coefficient (Wildman–Crippen LogP) is 4.39. The number of benzene rings is 2. The molecule has 1 aliphatic heterocycles. The summed E-state index contributed by atoms with van der Waals surface area (Å²) in [7, 11) is 1.40. The maximum atomic E-state index is 12.8. The van der Waals surface area contributed by atoms with Crippen LogP contribution in [0.15, 0.2) is 30.3 Å². The molecule has 0 spiro atoms. The molecule has 1 heterocycles. The van der Waals surface area contributed by atoms with Crippen molar-refractivity contribution in [3.63, 3.8) is 0 Å². The molecule has 4 nitrogen and oxygen atoms in total. The van der Waals surface area contributed by atoms with Gasteiger partial charge < -0.3 is 18.9 Å². The van der Waals surface area contributed by atoms with Gasteiger partial charge in [0.15, 0.2) is 11.5 Å². The van der Waals surface area contributed by atoms with E-state index in [1.807, 2.05) is 18.2 Å². The molecule has 0 saturated heterocycles. The van der Waals surface area contributed by atoms with Crippen molar-refractivity contribution in [2.24, 2.45) is 0 Å². The highest BCUT2D eigenvalue weighted by Gasteiger charge is 2.22. The molecule has 128 valence electrons. The van der Waals surface area contributed by atoms with E-state index in [-0.39, 0.29) is 17.2 Å². The molecule has 0 radical (unpaired) electrons. The Morgan fingerprint density at radius 3 is 2.58 bits per heavy atom. The summed E-state index contributed by atoms with van der Waals surface area (Å²) >= 11 is 0. The van der Waals surface area contributed by atoms with Gasteiger partial charge in [-0.2, -0.15) is 8.78 Å². The fraction of sp³-hybridized carbons (Fsp3) is 0.333. The Morgan fingerprint density at radius 2 is 1.88 bits per heavy atom. The van der Waals surface area contributed by atoms with E-state index >= 15 is 0 Å². The molecular weight excluding hydrogens is 318 g/mol. The molecule has 0 aromatic heterocycles. The summed E-state index contributed by atoms with van der Waals surface area (Å²) in [5.41, 5.74) is 3.74. The molecule has 0 aliphatic carbocycles. The van der Waals surface area contributed by atoms with Crippen LogP contribution in [0.3, 0.4) is 0 Å². The van der Waals surface area contributed by atoms with Crippen molar-refractivity contribution in [3.05, 3.63) is 41.5 Å². The zero-order valence-electron chi connectivity index (χ0n) is 13.5. The van der Waals surface area contributed by atoms with E-state index in [0.29, 0.717) is 25.4 Å². The Labute approximate surface area is 138 Å². The lowest BCUT2D eigenvalue weighted by molar-refractivity contribution is -0.0527. The molecular formula is C18H18F2O4. The molecule has 2 aromatic carbocycles. The van der Waals surface area contributed by atoms with Gasteiger partial charge in [-0.05, 0) is 41.8 Å². The molecule has 1 aliphatic rings. The summed E-state index contributed by atoms with van der Waals surface area (Å²) in [5, 5.41) is 0. The first-order valence-electron chi connectivity index (χ1n) is 7.62. The second kappa shape index (κ2) is 7.05. The molecule has 0 amide bonds. The summed E-state index contributed by atoms with van der Waals surface area (Å²) in [6.45, 7) is 0.265. The van der Waals surface area contributed by atoms with Gasteiger partial charge >= 0.3 is 6.61 Å². The SMILES string of the molecule is CCOc1c(-c2ccc3c(c2)COC3)ccc(OC)c1OC(F)F. The van der Waals surface area contributed by atoms with Crippen LogP contribution in [0.4, 0.5) is 8.78 Å². The van der Waals surface area contributed by atoms with Gasteiger partial charge in [0.1, 0.15) is 0 Å². The zero-order chi connectivity index (χ0) is 17.1. The lowest BCUT2D eigenvalue weighted by Crippen LogP contribution is -2.07. The predicted molar refractivity (Wildman–Crippen MR) is 84.7 cm³/mol. The van der Waals surface area contributed by atoms with E-state index in [9.17, 15) is 8.78 Å². The van der Waals surface area contributed by atoms with Crippen LogP contribution in [0.1, 0.15) is 18.1 Å². The normalized spacial score (nSPS) is 13.0. The monoisotopic (exact) mass is 336 g/mol. The van der Waals surface area contributed by atoms with E-state index in [4.69, 9.17) is 14.2 Å². The summed E-state index contributed by atoms with van der Waals surface area (Å²) in [4.78, 5) is 0. The van der Waals surface area contributed by atoms with Gasteiger partial charge in [0, 0.05) is 5.56 Å². The van der Waals surface area contributed by atoms with Crippen molar-refractivity contribution in [3.8, 4) is 28.4 Å². The van der Waals surface area contributed by atoms with Crippen molar-refractivity contribution < 1.29 is 27.7 Å². The molecule has 0 atom stereocenters. The summed E-state index contributed by atoms with van der Waals surface area (Å²) < 4.78 is 46.5. The molecule has 3 rings (SSSR count). The van der Waals surface area contributed by atoms with Crippen LogP contribution in [-0.4, -0.2) is 20.3 Å². The number of halogens is 2. The van der Waals surface area contributed by atoms with Crippen LogP contribution in [0.2, 0.25) is 0 Å². The number of hydrogen-bond acceptors (Lipinski definition) is 4. The maximum absolute atomic E-state index is 12.8. The van der Waals surface area contributed by atoms with Gasteiger partial charge in [0.25, 0.3) is 0 Å². The quantitative estimate of drug-likeness (QED) is 0.784. The molecule has 0 N–H and O–H groups in total. The van der Waals surface area contributed by atoms with Crippen molar-refractivity contribution in [2.45, 2.75) is 26.7 Å². The lowest BCUT2D eigenvalue weighted by atomic mass is 9.99. The highest BCUT2D eigenvalue weighted by Crippen LogP contribution is 2.45. The lowest BCUT2D eigenvalue weighted by Gasteiger charge is -2.18. The Hall–Kier alpha value is -2.34. The summed E-state index contributed by atoms with van der Waals surface area (Å²) in [6, 6.07) is 9.26. The van der Waals surface area contributed by atoms with E-state index in [2.05, 4.69) is 4.74 Å². The number of fused-ring (bicyclic) bond motifs is 1. The topological polar surface area (TPSA) is 36.9 Å². The molecule has 6 heteroatoms. The van der Waals surface area contributed by atoms with Gasteiger partial charge in [0.2, 0.25) is 5.75 Å². The second-order valence-electron chi connectivity index (χ2n) is 5.26. The van der Waals surface area contributed by atoms with Crippen LogP contribution in [0, 0.1) is 0 Å². The van der Waals surface area contributed by atoms with Crippen LogP contribution in [0.25, 0.3) is 11.1 Å². The Balaban J connectivity index is 2.12. The van der Waals surface area contributed by atoms with Crippen LogP contribution >= 0.6 is 0 Å². The molecule has 24 heavy (non-hydrogen) atoms. The van der Waals surface area contributed by atoms with Crippen LogP contribution in [-0.2, 0) is 18.0 Å². The van der Waals surface area contributed by atoms with Crippen molar-refractivity contribution in [2.75, 3.05) is 13.7 Å². The van der Waals surface area contributed by atoms with E-state index in [0.717, 1.165) is 16.7 Å². The first-order chi connectivity index (χ1) is 11.6. The minimum Gasteiger partial charge on any atom is -0.493 e. The zero-order valence-corrected chi connectivity index (χ0v) is 13.5. The fourth-order valence-corrected chi connectivity index (χ4v) is 2.76. The molecule has 0 unspecified atom stereocenters. The smallest absolute Gasteiger partial charge is 0.387 e. The van der Waals surface area contributed by atoms with Gasteiger partial charge in [-0.3, -0.25) is 0 Å². The molecule has 0 bridgehead atoms. The Kier molecular flexibility index (Phi) is 4.85. The van der Waals surface area contributed by atoms with E-state index in [1.54, 1.807) is 19.1 Å².